The minimum Gasteiger partial charge on any atom is -0.493 e. The second-order valence-corrected chi connectivity index (χ2v) is 5.60. The molecule has 2 nitrogen and oxygen atoms in total. The van der Waals surface area contributed by atoms with Gasteiger partial charge in [-0.15, -0.1) is 0 Å². The Balaban J connectivity index is 2.45. The molecule has 0 saturated carbocycles. The van der Waals surface area contributed by atoms with Crippen molar-refractivity contribution in [1.29, 1.82) is 0 Å². The van der Waals surface area contributed by atoms with Gasteiger partial charge in [0.15, 0.2) is 0 Å². The molecule has 0 saturated heterocycles. The minimum absolute atomic E-state index is 0.438. The van der Waals surface area contributed by atoms with Gasteiger partial charge in [0.1, 0.15) is 5.75 Å². The Labute approximate surface area is 111 Å². The molecule has 0 amide bonds. The standard InChI is InChI=1S/C16H25NO/c1-6-7-17-15-12(4)9-18-16-13(5)10(2)8-11(3)14(15)16/h8,12,15,17H,6-7,9H2,1-5H3. The maximum absolute atomic E-state index is 6.00. The van der Waals surface area contributed by atoms with Crippen LogP contribution >= 0.6 is 0 Å². The van der Waals surface area contributed by atoms with Crippen LogP contribution in [-0.2, 0) is 0 Å². The summed E-state index contributed by atoms with van der Waals surface area (Å²) in [6, 6.07) is 2.73. The summed E-state index contributed by atoms with van der Waals surface area (Å²) in [5.74, 6) is 1.66. The number of benzene rings is 1. The average molecular weight is 247 g/mol. The van der Waals surface area contributed by atoms with Crippen LogP contribution in [-0.4, -0.2) is 13.2 Å². The zero-order chi connectivity index (χ0) is 13.3. The first-order chi connectivity index (χ1) is 8.56. The summed E-state index contributed by atoms with van der Waals surface area (Å²) in [6.45, 7) is 12.9. The van der Waals surface area contributed by atoms with Gasteiger partial charge >= 0.3 is 0 Å². The molecule has 1 N–H and O–H groups in total. The van der Waals surface area contributed by atoms with Crippen LogP contribution in [0.25, 0.3) is 0 Å². The molecule has 0 bridgehead atoms. The second-order valence-electron chi connectivity index (χ2n) is 5.60. The molecule has 100 valence electrons. The SMILES string of the molecule is CCCNC1c2c(C)cc(C)c(C)c2OCC1C. The van der Waals surface area contributed by atoms with E-state index in [9.17, 15) is 0 Å². The maximum Gasteiger partial charge on any atom is 0.127 e. The van der Waals surface area contributed by atoms with Crippen molar-refractivity contribution in [2.45, 2.75) is 47.1 Å². The summed E-state index contributed by atoms with van der Waals surface area (Å²) < 4.78 is 6.00. The molecule has 2 heteroatoms. The summed E-state index contributed by atoms with van der Waals surface area (Å²) in [5.41, 5.74) is 5.36. The molecular weight excluding hydrogens is 222 g/mol. The van der Waals surface area contributed by atoms with Crippen molar-refractivity contribution >= 4 is 0 Å². The van der Waals surface area contributed by atoms with Crippen LogP contribution < -0.4 is 10.1 Å². The summed E-state index contributed by atoms with van der Waals surface area (Å²) in [5, 5.41) is 3.68. The van der Waals surface area contributed by atoms with Gasteiger partial charge in [-0.2, -0.15) is 0 Å². The normalized spacial score (nSPS) is 22.5. The third kappa shape index (κ3) is 2.26. The van der Waals surface area contributed by atoms with Crippen molar-refractivity contribution in [2.24, 2.45) is 5.92 Å². The predicted molar refractivity (Wildman–Crippen MR) is 76.3 cm³/mol. The maximum atomic E-state index is 6.00. The highest BCUT2D eigenvalue weighted by Gasteiger charge is 2.30. The van der Waals surface area contributed by atoms with Gasteiger partial charge in [-0.25, -0.2) is 0 Å². The Hall–Kier alpha value is -1.02. The lowest BCUT2D eigenvalue weighted by Gasteiger charge is -2.35. The fraction of sp³-hybridized carbons (Fsp3) is 0.625. The fourth-order valence-corrected chi connectivity index (χ4v) is 2.84. The molecule has 2 unspecified atom stereocenters. The molecule has 18 heavy (non-hydrogen) atoms. The van der Waals surface area contributed by atoms with E-state index in [4.69, 9.17) is 4.74 Å². The summed E-state index contributed by atoms with van der Waals surface area (Å²) in [7, 11) is 0. The van der Waals surface area contributed by atoms with Crippen LogP contribution in [0.2, 0.25) is 0 Å². The minimum atomic E-state index is 0.438. The van der Waals surface area contributed by atoms with E-state index in [2.05, 4.69) is 46.0 Å². The van der Waals surface area contributed by atoms with Crippen molar-refractivity contribution in [3.8, 4) is 5.75 Å². The van der Waals surface area contributed by atoms with E-state index in [1.165, 1.54) is 28.7 Å². The van der Waals surface area contributed by atoms with Gasteiger partial charge in [0.25, 0.3) is 0 Å². The lowest BCUT2D eigenvalue weighted by molar-refractivity contribution is 0.187. The Morgan fingerprint density at radius 3 is 2.67 bits per heavy atom. The molecule has 1 aliphatic rings. The van der Waals surface area contributed by atoms with Crippen LogP contribution in [0.4, 0.5) is 0 Å². The molecule has 0 aromatic heterocycles. The largest absolute Gasteiger partial charge is 0.493 e. The zero-order valence-corrected chi connectivity index (χ0v) is 12.3. The Kier molecular flexibility index (Phi) is 3.96. The van der Waals surface area contributed by atoms with E-state index < -0.39 is 0 Å². The Bertz CT molecular complexity index is 439. The molecule has 1 aromatic carbocycles. The first-order valence-corrected chi connectivity index (χ1v) is 7.03. The first-order valence-electron chi connectivity index (χ1n) is 7.03. The molecule has 0 radical (unpaired) electrons. The van der Waals surface area contributed by atoms with Crippen molar-refractivity contribution < 1.29 is 4.74 Å². The van der Waals surface area contributed by atoms with Gasteiger partial charge in [0, 0.05) is 17.5 Å². The van der Waals surface area contributed by atoms with E-state index in [0.29, 0.717) is 12.0 Å². The van der Waals surface area contributed by atoms with Crippen molar-refractivity contribution in [1.82, 2.24) is 5.32 Å². The lowest BCUT2D eigenvalue weighted by atomic mass is 9.86. The van der Waals surface area contributed by atoms with Crippen LogP contribution in [0.5, 0.6) is 5.75 Å². The molecule has 1 aliphatic heterocycles. The molecule has 1 heterocycles. The van der Waals surface area contributed by atoms with Gasteiger partial charge in [-0.05, 0) is 50.4 Å². The number of rotatable bonds is 3. The summed E-state index contributed by atoms with van der Waals surface area (Å²) in [4.78, 5) is 0. The smallest absolute Gasteiger partial charge is 0.127 e. The van der Waals surface area contributed by atoms with Gasteiger partial charge in [0.05, 0.1) is 6.61 Å². The number of fused-ring (bicyclic) bond motifs is 1. The molecule has 0 aliphatic carbocycles. The number of ether oxygens (including phenoxy) is 1. The number of aryl methyl sites for hydroxylation is 2. The van der Waals surface area contributed by atoms with E-state index in [1.54, 1.807) is 0 Å². The third-order valence-electron chi connectivity index (χ3n) is 4.02. The van der Waals surface area contributed by atoms with Crippen molar-refractivity contribution in [3.05, 3.63) is 28.3 Å². The van der Waals surface area contributed by atoms with Gasteiger partial charge in [-0.1, -0.05) is 19.9 Å². The van der Waals surface area contributed by atoms with Gasteiger partial charge in [0.2, 0.25) is 0 Å². The number of hydrogen-bond donors (Lipinski definition) is 1. The molecule has 0 spiro atoms. The highest BCUT2D eigenvalue weighted by atomic mass is 16.5. The quantitative estimate of drug-likeness (QED) is 0.879. The van der Waals surface area contributed by atoms with Crippen LogP contribution in [0.1, 0.15) is 48.6 Å². The van der Waals surface area contributed by atoms with Crippen LogP contribution in [0.15, 0.2) is 6.07 Å². The van der Waals surface area contributed by atoms with Crippen molar-refractivity contribution in [3.63, 3.8) is 0 Å². The van der Waals surface area contributed by atoms with Gasteiger partial charge < -0.3 is 10.1 Å². The average Bonchev–Trinajstić information content (AvgIpc) is 2.34. The van der Waals surface area contributed by atoms with E-state index >= 15 is 0 Å². The summed E-state index contributed by atoms with van der Waals surface area (Å²) in [6.07, 6.45) is 1.17. The fourth-order valence-electron chi connectivity index (χ4n) is 2.84. The van der Waals surface area contributed by atoms with Gasteiger partial charge in [-0.3, -0.25) is 0 Å². The lowest BCUT2D eigenvalue weighted by Crippen LogP contribution is -2.35. The Morgan fingerprint density at radius 1 is 1.28 bits per heavy atom. The molecular formula is C16H25NO. The number of nitrogens with one attached hydrogen (secondary N) is 1. The van der Waals surface area contributed by atoms with Crippen LogP contribution in [0.3, 0.4) is 0 Å². The molecule has 2 atom stereocenters. The molecule has 1 aromatic rings. The monoisotopic (exact) mass is 247 g/mol. The second kappa shape index (κ2) is 5.31. The summed E-state index contributed by atoms with van der Waals surface area (Å²) >= 11 is 0. The van der Waals surface area contributed by atoms with E-state index in [-0.39, 0.29) is 0 Å². The molecule has 2 rings (SSSR count). The van der Waals surface area contributed by atoms with Crippen LogP contribution in [0, 0.1) is 26.7 Å². The predicted octanol–water partition coefficient (Wildman–Crippen LogP) is 3.68. The Morgan fingerprint density at radius 2 is 2.00 bits per heavy atom. The van der Waals surface area contributed by atoms with Crippen molar-refractivity contribution in [2.75, 3.05) is 13.2 Å². The topological polar surface area (TPSA) is 21.3 Å². The van der Waals surface area contributed by atoms with E-state index in [1.807, 2.05) is 0 Å². The molecule has 0 fully saturated rings. The zero-order valence-electron chi connectivity index (χ0n) is 12.3. The van der Waals surface area contributed by atoms with E-state index in [0.717, 1.165) is 18.9 Å². The number of hydrogen-bond acceptors (Lipinski definition) is 2. The first kappa shape index (κ1) is 13.4. The highest BCUT2D eigenvalue weighted by Crippen LogP contribution is 2.40. The third-order valence-corrected chi connectivity index (χ3v) is 4.02. The highest BCUT2D eigenvalue weighted by molar-refractivity contribution is 5.52.